The van der Waals surface area contributed by atoms with E-state index in [4.69, 9.17) is 28.2 Å². The second-order valence-electron chi connectivity index (χ2n) is 6.04. The summed E-state index contributed by atoms with van der Waals surface area (Å²) in [5, 5.41) is 0.805. The van der Waals surface area contributed by atoms with Gasteiger partial charge < -0.3 is 4.57 Å². The van der Waals surface area contributed by atoms with Gasteiger partial charge in [-0.05, 0) is 30.9 Å². The summed E-state index contributed by atoms with van der Waals surface area (Å²) in [6, 6.07) is 6.51. The lowest BCUT2D eigenvalue weighted by atomic mass is 9.84. The van der Waals surface area contributed by atoms with Crippen molar-refractivity contribution >= 4 is 34.2 Å². The third kappa shape index (κ3) is 2.93. The molecule has 0 N–H and O–H groups in total. The molecule has 0 saturated heterocycles. The minimum Gasteiger partial charge on any atom is -0.324 e. The molecule has 4 heteroatoms. The molecular weight excluding hydrogens is 303 g/mol. The van der Waals surface area contributed by atoms with Crippen LogP contribution in [0.5, 0.6) is 0 Å². The molecule has 2 atom stereocenters. The number of nitrogens with zero attached hydrogens (tertiary/aromatic N) is 2. The summed E-state index contributed by atoms with van der Waals surface area (Å²) in [6.45, 7) is 2.30. The average molecular weight is 325 g/mol. The van der Waals surface area contributed by atoms with Gasteiger partial charge in [0.1, 0.15) is 5.82 Å². The van der Waals surface area contributed by atoms with Crippen LogP contribution >= 0.6 is 23.2 Å². The van der Waals surface area contributed by atoms with Crippen molar-refractivity contribution in [3.63, 3.8) is 0 Å². The Labute approximate surface area is 136 Å². The normalized spacial score (nSPS) is 22.8. The topological polar surface area (TPSA) is 17.8 Å². The third-order valence-electron chi connectivity index (χ3n) is 4.75. The van der Waals surface area contributed by atoms with Crippen LogP contribution in [-0.2, 0) is 6.42 Å². The summed E-state index contributed by atoms with van der Waals surface area (Å²) < 4.78 is 2.39. The molecule has 114 valence electrons. The lowest BCUT2D eigenvalue weighted by Crippen LogP contribution is -2.21. The van der Waals surface area contributed by atoms with Gasteiger partial charge in [0.15, 0.2) is 0 Å². The van der Waals surface area contributed by atoms with Gasteiger partial charge in [0, 0.05) is 18.3 Å². The highest BCUT2D eigenvalue weighted by atomic mass is 35.5. The van der Waals surface area contributed by atoms with Crippen molar-refractivity contribution in [2.24, 2.45) is 5.92 Å². The third-order valence-corrected chi connectivity index (χ3v) is 5.24. The molecule has 1 aromatic carbocycles. The maximum atomic E-state index is 6.47. The molecule has 0 spiro atoms. The summed E-state index contributed by atoms with van der Waals surface area (Å²) in [5.41, 5.74) is 2.10. The lowest BCUT2D eigenvalue weighted by molar-refractivity contribution is 0.262. The standard InChI is InChI=1S/C17H22Cl2N2/c1-2-12-5-3-6-13(11-12)21-16(9-10-18)20-15-8-4-7-14(19)17(15)21/h4,7-8,12-13H,2-3,5-6,9-11H2,1H3. The molecule has 2 aromatic rings. The number of imidazole rings is 1. The SMILES string of the molecule is CCC1CCCC(n2c(CCCl)nc3cccc(Cl)c32)C1. The number of fused-ring (bicyclic) bond motifs is 1. The number of rotatable bonds is 4. The molecule has 1 aliphatic carbocycles. The molecule has 21 heavy (non-hydrogen) atoms. The van der Waals surface area contributed by atoms with Crippen LogP contribution in [0.1, 0.15) is 50.9 Å². The Bertz CT molecular complexity index is 621. The molecule has 1 aliphatic rings. The molecule has 1 heterocycles. The van der Waals surface area contributed by atoms with E-state index in [-0.39, 0.29) is 0 Å². The van der Waals surface area contributed by atoms with Crippen molar-refractivity contribution in [2.75, 3.05) is 5.88 Å². The van der Waals surface area contributed by atoms with Gasteiger partial charge in [0.25, 0.3) is 0 Å². The molecule has 0 bridgehead atoms. The van der Waals surface area contributed by atoms with Crippen LogP contribution in [0.25, 0.3) is 11.0 Å². The predicted molar refractivity (Wildman–Crippen MR) is 90.5 cm³/mol. The van der Waals surface area contributed by atoms with Crippen LogP contribution in [0.3, 0.4) is 0 Å². The van der Waals surface area contributed by atoms with Gasteiger partial charge in [-0.15, -0.1) is 11.6 Å². The van der Waals surface area contributed by atoms with Crippen molar-refractivity contribution in [1.82, 2.24) is 9.55 Å². The van der Waals surface area contributed by atoms with E-state index in [1.807, 2.05) is 12.1 Å². The van der Waals surface area contributed by atoms with E-state index in [9.17, 15) is 0 Å². The summed E-state index contributed by atoms with van der Waals surface area (Å²) in [6.07, 6.45) is 7.19. The van der Waals surface area contributed by atoms with E-state index in [2.05, 4.69) is 17.6 Å². The fraction of sp³-hybridized carbons (Fsp3) is 0.588. The second-order valence-corrected chi connectivity index (χ2v) is 6.82. The van der Waals surface area contributed by atoms with Crippen molar-refractivity contribution < 1.29 is 0 Å². The Morgan fingerprint density at radius 1 is 1.33 bits per heavy atom. The summed E-state index contributed by atoms with van der Waals surface area (Å²) in [4.78, 5) is 4.78. The Morgan fingerprint density at radius 3 is 2.95 bits per heavy atom. The first-order valence-corrected chi connectivity index (χ1v) is 8.87. The van der Waals surface area contributed by atoms with Gasteiger partial charge in [-0.1, -0.05) is 43.9 Å². The maximum absolute atomic E-state index is 6.47. The molecule has 2 unspecified atom stereocenters. The minimum atomic E-state index is 0.520. The van der Waals surface area contributed by atoms with Gasteiger partial charge in [-0.2, -0.15) is 0 Å². The summed E-state index contributed by atoms with van der Waals surface area (Å²) in [5.74, 6) is 2.52. The van der Waals surface area contributed by atoms with E-state index in [0.29, 0.717) is 11.9 Å². The molecular formula is C17H22Cl2N2. The highest BCUT2D eigenvalue weighted by molar-refractivity contribution is 6.35. The number of benzene rings is 1. The number of para-hydroxylation sites is 1. The zero-order valence-electron chi connectivity index (χ0n) is 12.5. The maximum Gasteiger partial charge on any atom is 0.111 e. The molecule has 3 rings (SSSR count). The monoisotopic (exact) mass is 324 g/mol. The molecule has 0 radical (unpaired) electrons. The number of hydrogen-bond acceptors (Lipinski definition) is 1. The molecule has 1 saturated carbocycles. The van der Waals surface area contributed by atoms with Crippen molar-refractivity contribution in [3.8, 4) is 0 Å². The number of halogens is 2. The molecule has 1 aromatic heterocycles. The van der Waals surface area contributed by atoms with E-state index >= 15 is 0 Å². The van der Waals surface area contributed by atoms with Gasteiger partial charge in [0.2, 0.25) is 0 Å². The highest BCUT2D eigenvalue weighted by Gasteiger charge is 2.26. The van der Waals surface area contributed by atoms with Gasteiger partial charge in [-0.3, -0.25) is 0 Å². The van der Waals surface area contributed by atoms with Crippen LogP contribution in [-0.4, -0.2) is 15.4 Å². The number of aryl methyl sites for hydroxylation is 1. The Kier molecular flexibility index (Phi) is 4.75. The zero-order chi connectivity index (χ0) is 14.8. The van der Waals surface area contributed by atoms with E-state index < -0.39 is 0 Å². The summed E-state index contributed by atoms with van der Waals surface area (Å²) >= 11 is 12.5. The van der Waals surface area contributed by atoms with Gasteiger partial charge in [-0.25, -0.2) is 4.98 Å². The van der Waals surface area contributed by atoms with Crippen molar-refractivity contribution in [3.05, 3.63) is 29.0 Å². The predicted octanol–water partition coefficient (Wildman–Crippen LogP) is 5.61. The number of alkyl halides is 1. The Morgan fingerprint density at radius 2 is 2.19 bits per heavy atom. The van der Waals surface area contributed by atoms with E-state index in [1.54, 1.807) is 0 Å². The second kappa shape index (κ2) is 6.58. The lowest BCUT2D eigenvalue weighted by Gasteiger charge is -2.31. The fourth-order valence-corrected chi connectivity index (χ4v) is 4.11. The molecule has 0 aliphatic heterocycles. The van der Waals surface area contributed by atoms with Crippen LogP contribution in [0.4, 0.5) is 0 Å². The van der Waals surface area contributed by atoms with E-state index in [1.165, 1.54) is 32.1 Å². The average Bonchev–Trinajstić information content (AvgIpc) is 2.87. The fourth-order valence-electron chi connectivity index (χ4n) is 3.68. The smallest absolute Gasteiger partial charge is 0.111 e. The Hall–Kier alpha value is -0.730. The molecule has 0 amide bonds. The van der Waals surface area contributed by atoms with Crippen molar-refractivity contribution in [2.45, 2.75) is 51.5 Å². The zero-order valence-corrected chi connectivity index (χ0v) is 14.0. The van der Waals surface area contributed by atoms with Crippen LogP contribution in [0.15, 0.2) is 18.2 Å². The number of hydrogen-bond donors (Lipinski definition) is 0. The van der Waals surface area contributed by atoms with Crippen molar-refractivity contribution in [1.29, 1.82) is 0 Å². The quantitative estimate of drug-likeness (QED) is 0.668. The molecule has 1 fully saturated rings. The van der Waals surface area contributed by atoms with Gasteiger partial charge in [0.05, 0.1) is 16.1 Å². The number of aromatic nitrogens is 2. The largest absolute Gasteiger partial charge is 0.324 e. The van der Waals surface area contributed by atoms with Crippen LogP contribution < -0.4 is 0 Å². The highest BCUT2D eigenvalue weighted by Crippen LogP contribution is 2.38. The van der Waals surface area contributed by atoms with Crippen LogP contribution in [0.2, 0.25) is 5.02 Å². The van der Waals surface area contributed by atoms with Gasteiger partial charge >= 0.3 is 0 Å². The molecule has 2 nitrogen and oxygen atoms in total. The van der Waals surface area contributed by atoms with E-state index in [0.717, 1.165) is 34.2 Å². The first-order valence-electron chi connectivity index (χ1n) is 7.95. The first kappa shape index (κ1) is 15.2. The minimum absolute atomic E-state index is 0.520. The first-order chi connectivity index (χ1) is 10.2. The Balaban J connectivity index is 2.08. The van der Waals surface area contributed by atoms with Crippen LogP contribution in [0, 0.1) is 5.92 Å². The summed E-state index contributed by atoms with van der Waals surface area (Å²) in [7, 11) is 0.